The molecule has 6 nitrogen and oxygen atoms in total. The van der Waals surface area contributed by atoms with E-state index < -0.39 is 0 Å². The van der Waals surface area contributed by atoms with Gasteiger partial charge in [0.1, 0.15) is 11.1 Å². The smallest absolute Gasteiger partial charge is 0.239 e. The summed E-state index contributed by atoms with van der Waals surface area (Å²) in [4.78, 5) is 14.4. The van der Waals surface area contributed by atoms with Crippen LogP contribution in [0.1, 0.15) is 18.4 Å². The number of thiophene rings is 1. The zero-order valence-electron chi connectivity index (χ0n) is 12.1. The second kappa shape index (κ2) is 6.73. The van der Waals surface area contributed by atoms with Crippen LogP contribution in [0.3, 0.4) is 0 Å². The van der Waals surface area contributed by atoms with Crippen LogP contribution < -0.4 is 5.32 Å². The van der Waals surface area contributed by atoms with Gasteiger partial charge in [-0.3, -0.25) is 14.4 Å². The molecule has 0 aromatic carbocycles. The highest BCUT2D eigenvalue weighted by atomic mass is 32.1. The molecule has 1 amide bonds. The Labute approximate surface area is 133 Å². The quantitative estimate of drug-likeness (QED) is 0.915. The van der Waals surface area contributed by atoms with E-state index in [1.807, 2.05) is 22.3 Å². The number of nitrogens with zero attached hydrogens (tertiary/aromatic N) is 4. The number of anilines is 1. The Morgan fingerprint density at radius 2 is 2.50 bits per heavy atom. The van der Waals surface area contributed by atoms with Crippen LogP contribution in [0, 0.1) is 11.3 Å². The molecular formula is C15H17N5OS. The van der Waals surface area contributed by atoms with E-state index in [4.69, 9.17) is 5.26 Å². The van der Waals surface area contributed by atoms with E-state index >= 15 is 0 Å². The molecule has 3 rings (SSSR count). The number of hydrogen-bond donors (Lipinski definition) is 1. The third-order valence-corrected chi connectivity index (χ3v) is 4.67. The number of rotatable bonds is 5. The molecule has 1 atom stereocenters. The Hall–Kier alpha value is -2.17. The SMILES string of the molecule is N#Cc1ccsc1NC(=O)CN1CCC[C@H]1Cn1cccn1. The number of nitriles is 1. The van der Waals surface area contributed by atoms with Crippen LogP contribution in [0.2, 0.25) is 0 Å². The molecule has 2 aromatic heterocycles. The molecule has 1 aliphatic heterocycles. The molecule has 7 heteroatoms. The molecule has 3 heterocycles. The standard InChI is InChI=1S/C15H17N5OS/c16-9-12-4-8-22-15(12)18-14(21)11-19-6-1-3-13(19)10-20-7-2-5-17-20/h2,4-5,7-8,13H,1,3,6,10-11H2,(H,18,21)/t13-/m0/s1. The monoisotopic (exact) mass is 315 g/mol. The van der Waals surface area contributed by atoms with Gasteiger partial charge in [0.15, 0.2) is 0 Å². The molecule has 1 N–H and O–H groups in total. The minimum Gasteiger partial charge on any atom is -0.315 e. The predicted molar refractivity (Wildman–Crippen MR) is 84.5 cm³/mol. The van der Waals surface area contributed by atoms with Gasteiger partial charge in [-0.25, -0.2) is 0 Å². The first kappa shape index (κ1) is 14.8. The summed E-state index contributed by atoms with van der Waals surface area (Å²) in [6, 6.07) is 6.05. The highest BCUT2D eigenvalue weighted by Gasteiger charge is 2.26. The van der Waals surface area contributed by atoms with Crippen LogP contribution in [-0.2, 0) is 11.3 Å². The van der Waals surface area contributed by atoms with Gasteiger partial charge in [-0.1, -0.05) is 0 Å². The lowest BCUT2D eigenvalue weighted by molar-refractivity contribution is -0.117. The fourth-order valence-corrected chi connectivity index (χ4v) is 3.53. The molecule has 114 valence electrons. The van der Waals surface area contributed by atoms with Gasteiger partial charge >= 0.3 is 0 Å². The van der Waals surface area contributed by atoms with E-state index in [9.17, 15) is 4.79 Å². The Kier molecular flexibility index (Phi) is 4.51. The van der Waals surface area contributed by atoms with E-state index in [0.717, 1.165) is 25.9 Å². The minimum atomic E-state index is -0.0636. The maximum Gasteiger partial charge on any atom is 0.239 e. The molecule has 0 bridgehead atoms. The van der Waals surface area contributed by atoms with Crippen molar-refractivity contribution < 1.29 is 4.79 Å². The largest absolute Gasteiger partial charge is 0.315 e. The zero-order valence-corrected chi connectivity index (χ0v) is 12.9. The number of hydrogen-bond acceptors (Lipinski definition) is 5. The van der Waals surface area contributed by atoms with Crippen molar-refractivity contribution in [2.45, 2.75) is 25.4 Å². The van der Waals surface area contributed by atoms with Crippen molar-refractivity contribution in [1.82, 2.24) is 14.7 Å². The molecule has 0 spiro atoms. The van der Waals surface area contributed by atoms with E-state index in [1.54, 1.807) is 12.3 Å². The first-order chi connectivity index (χ1) is 10.8. The number of carbonyl (C=O) groups excluding carboxylic acids is 1. The Balaban J connectivity index is 1.57. The lowest BCUT2D eigenvalue weighted by Gasteiger charge is -2.23. The summed E-state index contributed by atoms with van der Waals surface area (Å²) in [5.41, 5.74) is 0.521. The van der Waals surface area contributed by atoms with Gasteiger partial charge in [-0.15, -0.1) is 11.3 Å². The van der Waals surface area contributed by atoms with Gasteiger partial charge in [0.05, 0.1) is 18.7 Å². The normalized spacial score (nSPS) is 18.2. The second-order valence-corrected chi connectivity index (χ2v) is 6.23. The summed E-state index contributed by atoms with van der Waals surface area (Å²) < 4.78 is 1.91. The van der Waals surface area contributed by atoms with Crippen molar-refractivity contribution in [1.29, 1.82) is 5.26 Å². The first-order valence-electron chi connectivity index (χ1n) is 7.25. The number of carbonyl (C=O) groups is 1. The van der Waals surface area contributed by atoms with E-state index in [-0.39, 0.29) is 5.91 Å². The molecule has 0 radical (unpaired) electrons. The van der Waals surface area contributed by atoms with Gasteiger partial charge in [-0.2, -0.15) is 10.4 Å². The summed E-state index contributed by atoms with van der Waals surface area (Å²) in [6.07, 6.45) is 5.89. The van der Waals surface area contributed by atoms with Crippen molar-refractivity contribution in [3.63, 3.8) is 0 Å². The highest BCUT2D eigenvalue weighted by Crippen LogP contribution is 2.23. The minimum absolute atomic E-state index is 0.0636. The maximum atomic E-state index is 12.2. The molecule has 1 aliphatic rings. The molecule has 22 heavy (non-hydrogen) atoms. The van der Waals surface area contributed by atoms with Crippen LogP contribution in [0.25, 0.3) is 0 Å². The highest BCUT2D eigenvalue weighted by molar-refractivity contribution is 7.14. The summed E-state index contributed by atoms with van der Waals surface area (Å²) >= 11 is 1.38. The van der Waals surface area contributed by atoms with Crippen LogP contribution in [0.5, 0.6) is 0 Å². The lowest BCUT2D eigenvalue weighted by Crippen LogP contribution is -2.39. The van der Waals surface area contributed by atoms with E-state index in [1.165, 1.54) is 11.3 Å². The number of aromatic nitrogens is 2. The van der Waals surface area contributed by atoms with Crippen molar-refractivity contribution in [3.05, 3.63) is 35.5 Å². The molecule has 0 saturated carbocycles. The maximum absolute atomic E-state index is 12.2. The van der Waals surface area contributed by atoms with Gasteiger partial charge in [0.25, 0.3) is 0 Å². The van der Waals surface area contributed by atoms with Crippen molar-refractivity contribution in [2.75, 3.05) is 18.4 Å². The van der Waals surface area contributed by atoms with Crippen LogP contribution >= 0.6 is 11.3 Å². The molecule has 2 aromatic rings. The third-order valence-electron chi connectivity index (χ3n) is 3.84. The first-order valence-corrected chi connectivity index (χ1v) is 8.13. The Morgan fingerprint density at radius 3 is 3.27 bits per heavy atom. The summed E-state index contributed by atoms with van der Waals surface area (Å²) in [5.74, 6) is -0.0636. The molecule has 0 aliphatic carbocycles. The fourth-order valence-electron chi connectivity index (χ4n) is 2.78. The molecular weight excluding hydrogens is 298 g/mol. The van der Waals surface area contributed by atoms with Gasteiger partial charge in [0, 0.05) is 18.4 Å². The third kappa shape index (κ3) is 3.35. The van der Waals surface area contributed by atoms with Crippen LogP contribution in [0.4, 0.5) is 5.00 Å². The van der Waals surface area contributed by atoms with Gasteiger partial charge < -0.3 is 5.32 Å². The van der Waals surface area contributed by atoms with Crippen molar-refractivity contribution in [3.8, 4) is 6.07 Å². The average Bonchev–Trinajstić information content (AvgIpc) is 3.22. The topological polar surface area (TPSA) is 74.0 Å². The van der Waals surface area contributed by atoms with Crippen molar-refractivity contribution in [2.24, 2.45) is 0 Å². The van der Waals surface area contributed by atoms with Crippen molar-refractivity contribution >= 4 is 22.2 Å². The number of nitrogens with one attached hydrogen (secondary N) is 1. The zero-order chi connectivity index (χ0) is 15.4. The van der Waals surface area contributed by atoms with E-state index in [2.05, 4.69) is 21.4 Å². The Bertz CT molecular complexity index is 672. The predicted octanol–water partition coefficient (Wildman–Crippen LogP) is 1.92. The molecule has 1 fully saturated rings. The summed E-state index contributed by atoms with van der Waals surface area (Å²) in [5, 5.41) is 18.5. The lowest BCUT2D eigenvalue weighted by atomic mass is 10.2. The number of likely N-dealkylation sites (tertiary alicyclic amines) is 1. The Morgan fingerprint density at radius 1 is 1.59 bits per heavy atom. The van der Waals surface area contributed by atoms with Gasteiger partial charge in [0.2, 0.25) is 5.91 Å². The van der Waals surface area contributed by atoms with Crippen LogP contribution in [0.15, 0.2) is 29.9 Å². The average molecular weight is 315 g/mol. The van der Waals surface area contributed by atoms with Crippen LogP contribution in [-0.4, -0.2) is 39.7 Å². The fraction of sp³-hybridized carbons (Fsp3) is 0.400. The molecule has 1 saturated heterocycles. The van der Waals surface area contributed by atoms with E-state index in [0.29, 0.717) is 23.2 Å². The number of amides is 1. The summed E-state index contributed by atoms with van der Waals surface area (Å²) in [6.45, 7) is 2.09. The molecule has 0 unspecified atom stereocenters. The van der Waals surface area contributed by atoms with Gasteiger partial charge in [-0.05, 0) is 36.9 Å². The summed E-state index contributed by atoms with van der Waals surface area (Å²) in [7, 11) is 0. The second-order valence-electron chi connectivity index (χ2n) is 5.32.